The molecule has 2 aliphatic rings. The highest BCUT2D eigenvalue weighted by atomic mass is 35.5. The summed E-state index contributed by atoms with van der Waals surface area (Å²) in [6, 6.07) is 0. The largest absolute Gasteiger partial charge is 0.329 e. The highest BCUT2D eigenvalue weighted by Gasteiger charge is 2.26. The van der Waals surface area contributed by atoms with Gasteiger partial charge >= 0.3 is 5.69 Å². The molecule has 0 atom stereocenters. The number of hydrogen-bond acceptors (Lipinski definition) is 3. The number of hydrogen-bond donors (Lipinski definition) is 1. The quantitative estimate of drug-likeness (QED) is 0.868. The summed E-state index contributed by atoms with van der Waals surface area (Å²) in [5.74, 6) is 2.90. The number of nitrogens with one attached hydrogen (secondary N) is 1. The Balaban J connectivity index is 1.93. The van der Waals surface area contributed by atoms with Gasteiger partial charge in [-0.1, -0.05) is 24.4 Å². The zero-order valence-electron chi connectivity index (χ0n) is 12.1. The molecule has 4 nitrogen and oxygen atoms in total. The fourth-order valence-electron chi connectivity index (χ4n) is 3.48. The molecule has 6 heteroatoms. The summed E-state index contributed by atoms with van der Waals surface area (Å²) in [7, 11) is 0. The molecule has 116 valence electrons. The van der Waals surface area contributed by atoms with Crippen LogP contribution in [0.25, 0.3) is 0 Å². The minimum absolute atomic E-state index is 0.158. The molecule has 1 aromatic rings. The Hall–Kier alpha value is -0.680. The predicted octanol–water partition coefficient (Wildman–Crippen LogP) is 2.99. The highest BCUT2D eigenvalue weighted by molar-refractivity contribution is 7.99. The molecule has 0 unspecified atom stereocenters. The van der Waals surface area contributed by atoms with Crippen LogP contribution < -0.4 is 11.2 Å². The van der Waals surface area contributed by atoms with Gasteiger partial charge in [0, 0.05) is 6.54 Å². The Morgan fingerprint density at radius 2 is 1.81 bits per heavy atom. The van der Waals surface area contributed by atoms with E-state index < -0.39 is 0 Å². The van der Waals surface area contributed by atoms with Crippen LogP contribution in [0.1, 0.15) is 50.0 Å². The number of halogens is 1. The zero-order valence-corrected chi connectivity index (χ0v) is 13.6. The standard InChI is InChI=1S/C15H21ClN2O2S/c16-13-12(11-3-1-2-4-11)14(19)18(15(20)17-13)9-10-5-7-21-8-6-10/h10-11H,1-9H2,(H,17,20). The smallest absolute Gasteiger partial charge is 0.297 e. The Morgan fingerprint density at radius 1 is 1.14 bits per heavy atom. The molecule has 0 radical (unpaired) electrons. The first-order chi connectivity index (χ1) is 10.2. The molecule has 0 aromatic carbocycles. The molecule has 1 aromatic heterocycles. The van der Waals surface area contributed by atoms with Crippen LogP contribution in [-0.4, -0.2) is 21.1 Å². The Labute approximate surface area is 133 Å². The van der Waals surface area contributed by atoms with Gasteiger partial charge in [-0.25, -0.2) is 4.79 Å². The molecule has 0 bridgehead atoms. The van der Waals surface area contributed by atoms with Crippen LogP contribution in [-0.2, 0) is 6.54 Å². The SMILES string of the molecule is O=c1[nH]c(Cl)c(C2CCCC2)c(=O)n1CC1CCSCC1. The summed E-state index contributed by atoms with van der Waals surface area (Å²) < 4.78 is 1.39. The maximum Gasteiger partial charge on any atom is 0.329 e. The molecule has 21 heavy (non-hydrogen) atoms. The van der Waals surface area contributed by atoms with Gasteiger partial charge in [-0.3, -0.25) is 14.3 Å². The Bertz CT molecular complexity index is 613. The van der Waals surface area contributed by atoms with E-state index in [9.17, 15) is 9.59 Å². The normalized spacial score (nSPS) is 21.0. The maximum absolute atomic E-state index is 12.7. The molecule has 1 saturated carbocycles. The minimum atomic E-state index is -0.357. The second-order valence-corrected chi connectivity index (χ2v) is 7.71. The first-order valence-electron chi connectivity index (χ1n) is 7.77. The lowest BCUT2D eigenvalue weighted by Gasteiger charge is -2.22. The van der Waals surface area contributed by atoms with Crippen LogP contribution in [0, 0.1) is 5.92 Å². The number of aromatic nitrogens is 2. The average Bonchev–Trinajstić information content (AvgIpc) is 2.98. The Morgan fingerprint density at radius 3 is 2.48 bits per heavy atom. The molecule has 1 saturated heterocycles. The van der Waals surface area contributed by atoms with E-state index in [1.807, 2.05) is 11.8 Å². The molecule has 0 amide bonds. The van der Waals surface area contributed by atoms with Gasteiger partial charge in [0.25, 0.3) is 5.56 Å². The number of nitrogens with zero attached hydrogens (tertiary/aromatic N) is 1. The number of rotatable bonds is 3. The molecule has 1 N–H and O–H groups in total. The highest BCUT2D eigenvalue weighted by Crippen LogP contribution is 2.34. The van der Waals surface area contributed by atoms with Gasteiger partial charge in [-0.15, -0.1) is 0 Å². The molecule has 1 aliphatic heterocycles. The number of aromatic amines is 1. The van der Waals surface area contributed by atoms with E-state index in [0.717, 1.165) is 50.0 Å². The first-order valence-corrected chi connectivity index (χ1v) is 9.30. The van der Waals surface area contributed by atoms with Crippen LogP contribution in [0.3, 0.4) is 0 Å². The van der Waals surface area contributed by atoms with E-state index >= 15 is 0 Å². The predicted molar refractivity (Wildman–Crippen MR) is 87.6 cm³/mol. The zero-order chi connectivity index (χ0) is 14.8. The van der Waals surface area contributed by atoms with Crippen molar-refractivity contribution < 1.29 is 0 Å². The van der Waals surface area contributed by atoms with Crippen molar-refractivity contribution in [3.63, 3.8) is 0 Å². The lowest BCUT2D eigenvalue weighted by atomic mass is 9.99. The average molecular weight is 329 g/mol. The summed E-state index contributed by atoms with van der Waals surface area (Å²) in [4.78, 5) is 27.5. The van der Waals surface area contributed by atoms with E-state index in [2.05, 4.69) is 4.98 Å². The lowest BCUT2D eigenvalue weighted by Crippen LogP contribution is -2.40. The fraction of sp³-hybridized carbons (Fsp3) is 0.733. The van der Waals surface area contributed by atoms with Crippen molar-refractivity contribution in [2.24, 2.45) is 5.92 Å². The molecule has 3 rings (SSSR count). The molecule has 2 heterocycles. The number of H-pyrrole nitrogens is 1. The third-order valence-electron chi connectivity index (χ3n) is 4.72. The minimum Gasteiger partial charge on any atom is -0.297 e. The van der Waals surface area contributed by atoms with Crippen LogP contribution in [0.15, 0.2) is 9.59 Å². The van der Waals surface area contributed by atoms with E-state index in [0.29, 0.717) is 18.0 Å². The second-order valence-electron chi connectivity index (χ2n) is 6.11. The van der Waals surface area contributed by atoms with Crippen LogP contribution in [0.4, 0.5) is 0 Å². The van der Waals surface area contributed by atoms with Crippen molar-refractivity contribution in [1.82, 2.24) is 9.55 Å². The van der Waals surface area contributed by atoms with Crippen molar-refractivity contribution in [3.8, 4) is 0 Å². The molecule has 1 aliphatic carbocycles. The summed E-state index contributed by atoms with van der Waals surface area (Å²) in [6.45, 7) is 0.533. The van der Waals surface area contributed by atoms with Gasteiger partial charge in [0.2, 0.25) is 0 Å². The summed E-state index contributed by atoms with van der Waals surface area (Å²) >= 11 is 8.11. The van der Waals surface area contributed by atoms with Gasteiger partial charge in [-0.05, 0) is 49.0 Å². The fourth-order valence-corrected chi connectivity index (χ4v) is 5.00. The van der Waals surface area contributed by atoms with Crippen molar-refractivity contribution in [3.05, 3.63) is 31.6 Å². The summed E-state index contributed by atoms with van der Waals surface area (Å²) in [5, 5.41) is 0.257. The van der Waals surface area contributed by atoms with Gasteiger partial charge in [-0.2, -0.15) is 11.8 Å². The van der Waals surface area contributed by atoms with Gasteiger partial charge < -0.3 is 0 Å². The monoisotopic (exact) mass is 328 g/mol. The maximum atomic E-state index is 12.7. The van der Waals surface area contributed by atoms with Crippen molar-refractivity contribution in [2.75, 3.05) is 11.5 Å². The summed E-state index contributed by atoms with van der Waals surface area (Å²) in [5.41, 5.74) is 0.123. The van der Waals surface area contributed by atoms with Crippen molar-refractivity contribution in [2.45, 2.75) is 51.0 Å². The molecular formula is C15H21ClN2O2S. The van der Waals surface area contributed by atoms with Crippen molar-refractivity contribution in [1.29, 1.82) is 0 Å². The Kier molecular flexibility index (Phi) is 4.79. The third-order valence-corrected chi connectivity index (χ3v) is 6.07. The van der Waals surface area contributed by atoms with Gasteiger partial charge in [0.05, 0.1) is 5.56 Å². The topological polar surface area (TPSA) is 54.9 Å². The van der Waals surface area contributed by atoms with Crippen LogP contribution in [0.5, 0.6) is 0 Å². The van der Waals surface area contributed by atoms with Gasteiger partial charge in [0.1, 0.15) is 5.15 Å². The second kappa shape index (κ2) is 6.61. The van der Waals surface area contributed by atoms with E-state index in [-0.39, 0.29) is 22.3 Å². The summed E-state index contributed by atoms with van der Waals surface area (Å²) in [6.07, 6.45) is 6.44. The van der Waals surface area contributed by atoms with Gasteiger partial charge in [0.15, 0.2) is 0 Å². The molecule has 0 spiro atoms. The molecular weight excluding hydrogens is 308 g/mol. The van der Waals surface area contributed by atoms with Crippen LogP contribution >= 0.6 is 23.4 Å². The lowest BCUT2D eigenvalue weighted by molar-refractivity contribution is 0.398. The number of thioether (sulfide) groups is 1. The van der Waals surface area contributed by atoms with E-state index in [1.165, 1.54) is 4.57 Å². The first kappa shape index (κ1) is 15.2. The van der Waals surface area contributed by atoms with E-state index in [1.54, 1.807) is 0 Å². The molecule has 2 fully saturated rings. The van der Waals surface area contributed by atoms with Crippen molar-refractivity contribution >= 4 is 23.4 Å². The van der Waals surface area contributed by atoms with Crippen LogP contribution in [0.2, 0.25) is 5.15 Å². The van der Waals surface area contributed by atoms with E-state index in [4.69, 9.17) is 11.6 Å². The third kappa shape index (κ3) is 3.24.